The summed E-state index contributed by atoms with van der Waals surface area (Å²) < 4.78 is 23.4. The molecule has 1 N–H and O–H groups in total. The molecule has 2 aromatic rings. The lowest BCUT2D eigenvalue weighted by molar-refractivity contribution is 0.0697. The Morgan fingerprint density at radius 2 is 2.29 bits per heavy atom. The first-order valence-electron chi connectivity index (χ1n) is 4.66. The molecule has 0 saturated heterocycles. The summed E-state index contributed by atoms with van der Waals surface area (Å²) in [4.78, 5) is 10.9. The SMILES string of the molecule is COc1cccc(F)c1-c1oncc1C(=O)O. The lowest BCUT2D eigenvalue weighted by Gasteiger charge is -2.06. The first kappa shape index (κ1) is 11.1. The number of carboxylic acid groups (broad SMARTS) is 1. The van der Waals surface area contributed by atoms with E-state index in [1.807, 2.05) is 0 Å². The van der Waals surface area contributed by atoms with Gasteiger partial charge in [-0.15, -0.1) is 0 Å². The summed E-state index contributed by atoms with van der Waals surface area (Å²) in [6, 6.07) is 4.15. The number of ether oxygens (including phenoxy) is 1. The largest absolute Gasteiger partial charge is 0.496 e. The van der Waals surface area contributed by atoms with E-state index in [1.54, 1.807) is 0 Å². The van der Waals surface area contributed by atoms with Crippen LogP contribution in [-0.4, -0.2) is 23.3 Å². The molecule has 1 aromatic heterocycles. The van der Waals surface area contributed by atoms with E-state index < -0.39 is 11.8 Å². The maximum atomic E-state index is 13.7. The summed E-state index contributed by atoms with van der Waals surface area (Å²) in [7, 11) is 1.36. The highest BCUT2D eigenvalue weighted by Gasteiger charge is 2.23. The summed E-state index contributed by atoms with van der Waals surface area (Å²) >= 11 is 0. The highest BCUT2D eigenvalue weighted by molar-refractivity contribution is 5.94. The highest BCUT2D eigenvalue weighted by atomic mass is 19.1. The van der Waals surface area contributed by atoms with Crippen LogP contribution >= 0.6 is 0 Å². The minimum absolute atomic E-state index is 0.0510. The summed E-state index contributed by atoms with van der Waals surface area (Å²) in [5.41, 5.74) is -0.265. The maximum absolute atomic E-state index is 13.7. The van der Waals surface area contributed by atoms with E-state index in [4.69, 9.17) is 14.4 Å². The molecule has 17 heavy (non-hydrogen) atoms. The fourth-order valence-corrected chi connectivity index (χ4v) is 1.47. The average molecular weight is 237 g/mol. The lowest BCUT2D eigenvalue weighted by Crippen LogP contribution is -1.98. The molecular formula is C11H8FNO4. The summed E-state index contributed by atoms with van der Waals surface area (Å²) in [6.45, 7) is 0. The molecule has 0 fully saturated rings. The first-order chi connectivity index (χ1) is 8.15. The fourth-order valence-electron chi connectivity index (χ4n) is 1.47. The first-order valence-corrected chi connectivity index (χ1v) is 4.66. The predicted molar refractivity (Wildman–Crippen MR) is 55.4 cm³/mol. The second kappa shape index (κ2) is 4.25. The zero-order valence-electron chi connectivity index (χ0n) is 8.81. The van der Waals surface area contributed by atoms with Gasteiger partial charge in [-0.25, -0.2) is 9.18 Å². The fraction of sp³-hybridized carbons (Fsp3) is 0.0909. The van der Waals surface area contributed by atoms with Crippen LogP contribution in [0.25, 0.3) is 11.3 Å². The monoisotopic (exact) mass is 237 g/mol. The Morgan fingerprint density at radius 3 is 2.94 bits per heavy atom. The van der Waals surface area contributed by atoms with Gasteiger partial charge < -0.3 is 14.4 Å². The second-order valence-corrected chi connectivity index (χ2v) is 3.19. The average Bonchev–Trinajstić information content (AvgIpc) is 2.77. The number of benzene rings is 1. The minimum Gasteiger partial charge on any atom is -0.496 e. The number of aromatic carboxylic acids is 1. The van der Waals surface area contributed by atoms with Crippen molar-refractivity contribution in [1.29, 1.82) is 0 Å². The smallest absolute Gasteiger partial charge is 0.341 e. The van der Waals surface area contributed by atoms with E-state index in [0.29, 0.717) is 0 Å². The highest BCUT2D eigenvalue weighted by Crippen LogP contribution is 2.34. The van der Waals surface area contributed by atoms with Gasteiger partial charge in [-0.3, -0.25) is 0 Å². The quantitative estimate of drug-likeness (QED) is 0.885. The molecule has 0 aliphatic heterocycles. The van der Waals surface area contributed by atoms with Crippen LogP contribution in [0.1, 0.15) is 10.4 Å². The second-order valence-electron chi connectivity index (χ2n) is 3.19. The van der Waals surface area contributed by atoms with Crippen LogP contribution in [0.5, 0.6) is 5.75 Å². The number of carbonyl (C=O) groups is 1. The molecule has 88 valence electrons. The van der Waals surface area contributed by atoms with E-state index in [-0.39, 0.29) is 22.6 Å². The van der Waals surface area contributed by atoms with Crippen LogP contribution in [0.2, 0.25) is 0 Å². The van der Waals surface area contributed by atoms with E-state index in [1.165, 1.54) is 25.3 Å². The Hall–Kier alpha value is -2.37. The molecule has 0 atom stereocenters. The van der Waals surface area contributed by atoms with Gasteiger partial charge in [0.05, 0.1) is 18.9 Å². The maximum Gasteiger partial charge on any atom is 0.341 e. The van der Waals surface area contributed by atoms with Crippen LogP contribution in [0.15, 0.2) is 28.9 Å². The molecule has 0 saturated carbocycles. The third kappa shape index (κ3) is 1.84. The van der Waals surface area contributed by atoms with Crippen LogP contribution in [0, 0.1) is 5.82 Å². The molecule has 0 amide bonds. The van der Waals surface area contributed by atoms with Crippen molar-refractivity contribution in [3.05, 3.63) is 35.8 Å². The molecule has 0 bridgehead atoms. The minimum atomic E-state index is -1.24. The summed E-state index contributed by atoms with van der Waals surface area (Å²) in [5, 5.41) is 12.3. The van der Waals surface area contributed by atoms with Gasteiger partial charge >= 0.3 is 5.97 Å². The van der Waals surface area contributed by atoms with Crippen molar-refractivity contribution in [2.24, 2.45) is 0 Å². The molecule has 6 heteroatoms. The Balaban J connectivity index is 2.68. The van der Waals surface area contributed by atoms with Gasteiger partial charge in [-0.1, -0.05) is 11.2 Å². The van der Waals surface area contributed by atoms with Gasteiger partial charge in [0.1, 0.15) is 17.1 Å². The number of nitrogens with zero attached hydrogens (tertiary/aromatic N) is 1. The summed E-state index contributed by atoms with van der Waals surface area (Å²) in [6.07, 6.45) is 1.02. The standard InChI is InChI=1S/C11H8FNO4/c1-16-8-4-2-3-7(12)9(8)10-6(11(14)15)5-13-17-10/h2-5H,1H3,(H,14,15). The topological polar surface area (TPSA) is 72.6 Å². The van der Waals surface area contributed by atoms with Gasteiger partial charge in [0.15, 0.2) is 5.76 Å². The van der Waals surface area contributed by atoms with Crippen molar-refractivity contribution < 1.29 is 23.6 Å². The zero-order valence-corrected chi connectivity index (χ0v) is 8.81. The molecule has 1 heterocycles. The van der Waals surface area contributed by atoms with E-state index in [2.05, 4.69) is 5.16 Å². The third-order valence-electron chi connectivity index (χ3n) is 2.22. The van der Waals surface area contributed by atoms with Crippen molar-refractivity contribution in [2.75, 3.05) is 7.11 Å². The number of aromatic nitrogens is 1. The van der Waals surface area contributed by atoms with E-state index >= 15 is 0 Å². The molecule has 0 aliphatic carbocycles. The van der Waals surface area contributed by atoms with Crippen molar-refractivity contribution in [3.8, 4) is 17.1 Å². The number of hydrogen-bond acceptors (Lipinski definition) is 4. The van der Waals surface area contributed by atoms with Crippen LogP contribution in [0.4, 0.5) is 4.39 Å². The number of rotatable bonds is 3. The molecule has 2 rings (SSSR count). The van der Waals surface area contributed by atoms with Gasteiger partial charge in [0, 0.05) is 0 Å². The van der Waals surface area contributed by atoms with Crippen molar-refractivity contribution in [1.82, 2.24) is 5.16 Å². The molecule has 5 nitrogen and oxygen atoms in total. The number of hydrogen-bond donors (Lipinski definition) is 1. The van der Waals surface area contributed by atoms with Crippen LogP contribution in [-0.2, 0) is 0 Å². The Kier molecular flexibility index (Phi) is 2.78. The lowest BCUT2D eigenvalue weighted by atomic mass is 10.1. The third-order valence-corrected chi connectivity index (χ3v) is 2.22. The Bertz CT molecular complexity index is 564. The summed E-state index contributed by atoms with van der Waals surface area (Å²) in [5.74, 6) is -1.85. The van der Waals surface area contributed by atoms with Crippen molar-refractivity contribution >= 4 is 5.97 Å². The normalized spacial score (nSPS) is 10.2. The Labute approximate surface area is 95.4 Å². The van der Waals surface area contributed by atoms with Gasteiger partial charge in [-0.2, -0.15) is 0 Å². The molecule has 0 unspecified atom stereocenters. The van der Waals surface area contributed by atoms with Crippen LogP contribution < -0.4 is 4.74 Å². The van der Waals surface area contributed by atoms with E-state index in [0.717, 1.165) is 6.20 Å². The Morgan fingerprint density at radius 1 is 1.53 bits per heavy atom. The molecule has 0 radical (unpaired) electrons. The number of methoxy groups -OCH3 is 1. The van der Waals surface area contributed by atoms with Gasteiger partial charge in [0.25, 0.3) is 0 Å². The number of halogens is 1. The number of carboxylic acids is 1. The molecule has 1 aromatic carbocycles. The van der Waals surface area contributed by atoms with Crippen LogP contribution in [0.3, 0.4) is 0 Å². The zero-order chi connectivity index (χ0) is 12.4. The molecular weight excluding hydrogens is 229 g/mol. The van der Waals surface area contributed by atoms with Gasteiger partial charge in [0.2, 0.25) is 0 Å². The molecule has 0 spiro atoms. The van der Waals surface area contributed by atoms with Gasteiger partial charge in [-0.05, 0) is 12.1 Å². The van der Waals surface area contributed by atoms with E-state index in [9.17, 15) is 9.18 Å². The molecule has 0 aliphatic rings. The van der Waals surface area contributed by atoms with Crippen molar-refractivity contribution in [3.63, 3.8) is 0 Å². The predicted octanol–water partition coefficient (Wildman–Crippen LogP) is 2.19. The van der Waals surface area contributed by atoms with Crippen molar-refractivity contribution in [2.45, 2.75) is 0 Å².